The third-order valence-corrected chi connectivity index (χ3v) is 3.08. The average molecular weight is 366 g/mol. The zero-order valence-corrected chi connectivity index (χ0v) is 14.9. The van der Waals surface area contributed by atoms with Crippen molar-refractivity contribution in [1.29, 1.82) is 0 Å². The summed E-state index contributed by atoms with van der Waals surface area (Å²) in [4.78, 5) is 22.7. The smallest absolute Gasteiger partial charge is 0.246 e. The molecule has 1 rings (SSSR count). The van der Waals surface area contributed by atoms with Crippen molar-refractivity contribution < 1.29 is 28.9 Å². The predicted octanol–water partition coefficient (Wildman–Crippen LogP) is 0.317. The molecule has 0 heterocycles. The number of benzene rings is 1. The maximum absolute atomic E-state index is 11.6. The van der Waals surface area contributed by atoms with Gasteiger partial charge in [-0.2, -0.15) is 0 Å². The molecule has 0 bridgehead atoms. The van der Waals surface area contributed by atoms with E-state index in [9.17, 15) is 14.7 Å². The summed E-state index contributed by atoms with van der Waals surface area (Å²) in [6, 6.07) is 6.54. The summed E-state index contributed by atoms with van der Waals surface area (Å²) in [7, 11) is 1.46. The van der Waals surface area contributed by atoms with Crippen LogP contribution in [0.1, 0.15) is 5.56 Å². The van der Waals surface area contributed by atoms with Gasteiger partial charge in [-0.1, -0.05) is 12.1 Å². The van der Waals surface area contributed by atoms with Gasteiger partial charge in [0.05, 0.1) is 26.4 Å². The number of carbonyl (C=O) groups excluding carboxylic acids is 2. The molecule has 1 aromatic rings. The number of methoxy groups -OCH3 is 1. The quantitative estimate of drug-likeness (QED) is 0.343. The Morgan fingerprint density at radius 1 is 1.00 bits per heavy atom. The Morgan fingerprint density at radius 3 is 2.23 bits per heavy atom. The normalized spacial score (nSPS) is 10.8. The number of ether oxygens (including phenoxy) is 3. The first-order valence-corrected chi connectivity index (χ1v) is 8.28. The third-order valence-electron chi connectivity index (χ3n) is 3.08. The summed E-state index contributed by atoms with van der Waals surface area (Å²) in [5.41, 5.74) is 0.824. The van der Waals surface area contributed by atoms with E-state index in [-0.39, 0.29) is 24.2 Å². The molecular weight excluding hydrogens is 340 g/mol. The van der Waals surface area contributed by atoms with E-state index in [4.69, 9.17) is 9.47 Å². The summed E-state index contributed by atoms with van der Waals surface area (Å²) in [6.07, 6.45) is 3.09. The molecule has 8 nitrogen and oxygen atoms in total. The predicted molar refractivity (Wildman–Crippen MR) is 96.7 cm³/mol. The van der Waals surface area contributed by atoms with Crippen LogP contribution >= 0.6 is 0 Å². The van der Waals surface area contributed by atoms with Gasteiger partial charge in [-0.15, -0.1) is 0 Å². The molecular formula is C18H26N2O6. The molecule has 0 atom stereocenters. The first-order chi connectivity index (χ1) is 12.6. The Morgan fingerprint density at radius 2 is 1.62 bits per heavy atom. The zero-order valence-electron chi connectivity index (χ0n) is 14.9. The number of nitrogens with one attached hydrogen (secondary N) is 2. The van der Waals surface area contributed by atoms with E-state index in [0.29, 0.717) is 39.5 Å². The number of carbonyl (C=O) groups is 2. The second-order valence-electron chi connectivity index (χ2n) is 5.22. The van der Waals surface area contributed by atoms with E-state index in [1.807, 2.05) is 0 Å². The molecule has 0 aliphatic heterocycles. The second-order valence-corrected chi connectivity index (χ2v) is 5.22. The van der Waals surface area contributed by atoms with Crippen molar-refractivity contribution in [3.05, 3.63) is 35.9 Å². The average Bonchev–Trinajstić information content (AvgIpc) is 2.63. The van der Waals surface area contributed by atoms with Gasteiger partial charge in [0, 0.05) is 26.3 Å². The zero-order chi connectivity index (χ0) is 19.0. The Kier molecular flexibility index (Phi) is 11.5. The van der Waals surface area contributed by atoms with Gasteiger partial charge >= 0.3 is 0 Å². The summed E-state index contributed by atoms with van der Waals surface area (Å²) in [5, 5.41) is 14.5. The fourth-order valence-corrected chi connectivity index (χ4v) is 1.83. The van der Waals surface area contributed by atoms with Crippen LogP contribution in [0.4, 0.5) is 0 Å². The van der Waals surface area contributed by atoms with Crippen LogP contribution in [0, 0.1) is 0 Å². The molecule has 0 unspecified atom stereocenters. The van der Waals surface area contributed by atoms with Crippen molar-refractivity contribution in [2.45, 2.75) is 0 Å². The van der Waals surface area contributed by atoms with Gasteiger partial charge in [-0.25, -0.2) is 0 Å². The summed E-state index contributed by atoms with van der Waals surface area (Å²) >= 11 is 0. The van der Waals surface area contributed by atoms with Crippen LogP contribution in [0.15, 0.2) is 30.3 Å². The number of amides is 2. The molecule has 0 radical (unpaired) electrons. The highest BCUT2D eigenvalue weighted by Gasteiger charge is 1.98. The van der Waals surface area contributed by atoms with Crippen LogP contribution in [0.25, 0.3) is 6.08 Å². The fourth-order valence-electron chi connectivity index (χ4n) is 1.83. The molecule has 0 aromatic heterocycles. The highest BCUT2D eigenvalue weighted by Crippen LogP contribution is 2.10. The minimum atomic E-state index is -0.218. The molecule has 144 valence electrons. The first kappa shape index (κ1) is 21.6. The van der Waals surface area contributed by atoms with E-state index in [2.05, 4.69) is 15.4 Å². The van der Waals surface area contributed by atoms with Gasteiger partial charge in [0.25, 0.3) is 0 Å². The van der Waals surface area contributed by atoms with Gasteiger partial charge < -0.3 is 30.0 Å². The molecule has 2 amide bonds. The largest absolute Gasteiger partial charge is 0.508 e. The molecule has 26 heavy (non-hydrogen) atoms. The first-order valence-electron chi connectivity index (χ1n) is 8.28. The van der Waals surface area contributed by atoms with Gasteiger partial charge in [-0.3, -0.25) is 9.59 Å². The minimum absolute atomic E-state index is 0.0406. The Bertz CT molecular complexity index is 559. The highest BCUT2D eigenvalue weighted by molar-refractivity contribution is 5.91. The van der Waals surface area contributed by atoms with E-state index in [1.54, 1.807) is 30.3 Å². The number of phenols is 1. The molecule has 0 fully saturated rings. The maximum atomic E-state index is 11.6. The minimum Gasteiger partial charge on any atom is -0.508 e. The van der Waals surface area contributed by atoms with E-state index >= 15 is 0 Å². The van der Waals surface area contributed by atoms with Crippen molar-refractivity contribution >= 4 is 17.9 Å². The Balaban J connectivity index is 1.94. The number of hydrogen-bond donors (Lipinski definition) is 3. The molecule has 3 N–H and O–H groups in total. The summed E-state index contributed by atoms with van der Waals surface area (Å²) in [5.74, 6) is -0.212. The van der Waals surface area contributed by atoms with Crippen molar-refractivity contribution in [2.24, 2.45) is 0 Å². The van der Waals surface area contributed by atoms with Gasteiger partial charge in [0.15, 0.2) is 0 Å². The number of hydrogen-bond acceptors (Lipinski definition) is 6. The van der Waals surface area contributed by atoms with Gasteiger partial charge in [0.1, 0.15) is 12.4 Å². The number of rotatable bonds is 13. The molecule has 1 aromatic carbocycles. The van der Waals surface area contributed by atoms with Crippen LogP contribution in [0.5, 0.6) is 5.75 Å². The van der Waals surface area contributed by atoms with Crippen molar-refractivity contribution in [2.75, 3.05) is 53.2 Å². The van der Waals surface area contributed by atoms with Crippen LogP contribution < -0.4 is 10.6 Å². The van der Waals surface area contributed by atoms with E-state index in [1.165, 1.54) is 13.2 Å². The monoisotopic (exact) mass is 366 g/mol. The van der Waals surface area contributed by atoms with E-state index < -0.39 is 0 Å². The number of aromatic hydroxyl groups is 1. The molecule has 0 saturated heterocycles. The SMILES string of the molecule is COCC(=O)NCCOCCOCCNC(=O)/C=C/c1ccc(O)cc1. The molecule has 0 saturated carbocycles. The molecule has 8 heteroatoms. The standard InChI is InChI=1S/C18H26N2O6/c1-24-14-18(23)20-9-11-26-13-12-25-10-8-19-17(22)7-4-15-2-5-16(21)6-3-15/h2-7,21H,8-14H2,1H3,(H,19,22)(H,20,23)/b7-4+. The van der Waals surface area contributed by atoms with Crippen LogP contribution in [0.3, 0.4) is 0 Å². The lowest BCUT2D eigenvalue weighted by molar-refractivity contribution is -0.125. The fraction of sp³-hybridized carbons (Fsp3) is 0.444. The van der Waals surface area contributed by atoms with Crippen molar-refractivity contribution in [3.8, 4) is 5.75 Å². The second kappa shape index (κ2) is 13.8. The lowest BCUT2D eigenvalue weighted by Crippen LogP contribution is -2.30. The van der Waals surface area contributed by atoms with Crippen molar-refractivity contribution in [3.63, 3.8) is 0 Å². The third kappa shape index (κ3) is 11.2. The van der Waals surface area contributed by atoms with Crippen LogP contribution in [-0.4, -0.2) is 70.2 Å². The van der Waals surface area contributed by atoms with Crippen LogP contribution in [-0.2, 0) is 23.8 Å². The molecule has 0 aliphatic rings. The topological polar surface area (TPSA) is 106 Å². The lowest BCUT2D eigenvalue weighted by atomic mass is 10.2. The van der Waals surface area contributed by atoms with E-state index in [0.717, 1.165) is 5.56 Å². The number of phenolic OH excluding ortho intramolecular Hbond substituents is 1. The molecule has 0 spiro atoms. The Hall–Kier alpha value is -2.42. The summed E-state index contributed by atoms with van der Waals surface area (Å²) in [6.45, 7) is 2.46. The molecule has 0 aliphatic carbocycles. The summed E-state index contributed by atoms with van der Waals surface area (Å²) < 4.78 is 15.3. The lowest BCUT2D eigenvalue weighted by Gasteiger charge is -2.07. The highest BCUT2D eigenvalue weighted by atomic mass is 16.5. The van der Waals surface area contributed by atoms with Gasteiger partial charge in [0.2, 0.25) is 11.8 Å². The van der Waals surface area contributed by atoms with Crippen LogP contribution in [0.2, 0.25) is 0 Å². The maximum Gasteiger partial charge on any atom is 0.246 e. The Labute approximate surface area is 153 Å². The van der Waals surface area contributed by atoms with Gasteiger partial charge in [-0.05, 0) is 23.8 Å². The van der Waals surface area contributed by atoms with Crippen molar-refractivity contribution in [1.82, 2.24) is 10.6 Å².